The molecule has 1 aromatic rings. The predicted molar refractivity (Wildman–Crippen MR) is 67.1 cm³/mol. The van der Waals surface area contributed by atoms with Gasteiger partial charge in [0.05, 0.1) is 0 Å². The van der Waals surface area contributed by atoms with Crippen molar-refractivity contribution < 1.29 is 4.74 Å². The highest BCUT2D eigenvalue weighted by molar-refractivity contribution is 5.40. The standard InChI is InChI=1S/C14H21NO/c1-4-15(5-2)10-14-11(3)12-8-6-7-9-13(12)16-14/h6-9,11,14H,4-5,10H2,1-3H3. The lowest BCUT2D eigenvalue weighted by molar-refractivity contribution is 0.143. The molecule has 2 unspecified atom stereocenters. The summed E-state index contributed by atoms with van der Waals surface area (Å²) in [7, 11) is 0. The van der Waals surface area contributed by atoms with Crippen LogP contribution in [0.25, 0.3) is 0 Å². The molecule has 0 aliphatic carbocycles. The number of fused-ring (bicyclic) bond motifs is 1. The summed E-state index contributed by atoms with van der Waals surface area (Å²) in [4.78, 5) is 2.42. The number of likely N-dealkylation sites (N-methyl/N-ethyl adjacent to an activating group) is 1. The zero-order valence-electron chi connectivity index (χ0n) is 10.4. The highest BCUT2D eigenvalue weighted by Crippen LogP contribution is 2.37. The van der Waals surface area contributed by atoms with E-state index in [1.165, 1.54) is 5.56 Å². The van der Waals surface area contributed by atoms with Gasteiger partial charge >= 0.3 is 0 Å². The molecule has 0 amide bonds. The van der Waals surface area contributed by atoms with Crippen LogP contribution in [-0.2, 0) is 0 Å². The highest BCUT2D eigenvalue weighted by atomic mass is 16.5. The maximum absolute atomic E-state index is 6.01. The summed E-state index contributed by atoms with van der Waals surface area (Å²) in [6, 6.07) is 8.40. The van der Waals surface area contributed by atoms with E-state index in [1.807, 2.05) is 6.07 Å². The van der Waals surface area contributed by atoms with Gasteiger partial charge in [-0.05, 0) is 19.2 Å². The Morgan fingerprint density at radius 2 is 1.88 bits per heavy atom. The van der Waals surface area contributed by atoms with Crippen LogP contribution >= 0.6 is 0 Å². The number of para-hydroxylation sites is 1. The molecule has 0 N–H and O–H groups in total. The van der Waals surface area contributed by atoms with Crippen molar-refractivity contribution in [2.45, 2.75) is 32.8 Å². The van der Waals surface area contributed by atoms with Gasteiger partial charge in [0.25, 0.3) is 0 Å². The summed E-state index contributed by atoms with van der Waals surface area (Å²) in [5.41, 5.74) is 1.36. The molecule has 0 aromatic heterocycles. The van der Waals surface area contributed by atoms with E-state index < -0.39 is 0 Å². The van der Waals surface area contributed by atoms with Crippen LogP contribution < -0.4 is 4.74 Å². The number of hydrogen-bond acceptors (Lipinski definition) is 2. The molecule has 2 nitrogen and oxygen atoms in total. The molecule has 0 fully saturated rings. The van der Waals surface area contributed by atoms with Crippen molar-refractivity contribution in [3.8, 4) is 5.75 Å². The zero-order chi connectivity index (χ0) is 11.5. The van der Waals surface area contributed by atoms with Gasteiger partial charge < -0.3 is 9.64 Å². The second kappa shape index (κ2) is 4.88. The summed E-state index contributed by atoms with van der Waals surface area (Å²) < 4.78 is 6.01. The molecule has 1 aliphatic rings. The molecule has 0 radical (unpaired) electrons. The quantitative estimate of drug-likeness (QED) is 0.772. The van der Waals surface area contributed by atoms with Gasteiger partial charge in [0.2, 0.25) is 0 Å². The van der Waals surface area contributed by atoms with Crippen LogP contribution in [0.3, 0.4) is 0 Å². The molecule has 2 atom stereocenters. The largest absolute Gasteiger partial charge is 0.488 e. The van der Waals surface area contributed by atoms with E-state index in [0.29, 0.717) is 12.0 Å². The fourth-order valence-electron chi connectivity index (χ4n) is 2.36. The third-order valence-electron chi connectivity index (χ3n) is 3.58. The van der Waals surface area contributed by atoms with Crippen molar-refractivity contribution in [3.63, 3.8) is 0 Å². The van der Waals surface area contributed by atoms with Crippen LogP contribution in [0.1, 0.15) is 32.3 Å². The first-order chi connectivity index (χ1) is 7.76. The molecule has 1 aliphatic heterocycles. The molecular formula is C14H21NO. The molecule has 2 rings (SSSR count). The zero-order valence-corrected chi connectivity index (χ0v) is 10.4. The van der Waals surface area contributed by atoms with E-state index in [2.05, 4.69) is 43.9 Å². The Morgan fingerprint density at radius 3 is 2.50 bits per heavy atom. The number of rotatable bonds is 4. The van der Waals surface area contributed by atoms with Crippen molar-refractivity contribution in [1.82, 2.24) is 4.90 Å². The summed E-state index contributed by atoms with van der Waals surface area (Å²) in [6.45, 7) is 9.90. The Kier molecular flexibility index (Phi) is 3.49. The summed E-state index contributed by atoms with van der Waals surface area (Å²) >= 11 is 0. The van der Waals surface area contributed by atoms with Gasteiger partial charge in [-0.2, -0.15) is 0 Å². The molecule has 88 valence electrons. The van der Waals surface area contributed by atoms with E-state index in [0.717, 1.165) is 25.4 Å². The second-order valence-corrected chi connectivity index (χ2v) is 4.47. The van der Waals surface area contributed by atoms with E-state index in [1.54, 1.807) is 0 Å². The number of ether oxygens (including phenoxy) is 1. The summed E-state index contributed by atoms with van der Waals surface area (Å²) in [5.74, 6) is 1.59. The second-order valence-electron chi connectivity index (χ2n) is 4.47. The molecular weight excluding hydrogens is 198 g/mol. The van der Waals surface area contributed by atoms with Crippen LogP contribution in [0, 0.1) is 0 Å². The van der Waals surface area contributed by atoms with E-state index >= 15 is 0 Å². The smallest absolute Gasteiger partial charge is 0.123 e. The minimum Gasteiger partial charge on any atom is -0.488 e. The number of hydrogen-bond donors (Lipinski definition) is 0. The van der Waals surface area contributed by atoms with Gasteiger partial charge in [0.15, 0.2) is 0 Å². The Morgan fingerprint density at radius 1 is 1.19 bits per heavy atom. The predicted octanol–water partition coefficient (Wildman–Crippen LogP) is 2.89. The van der Waals surface area contributed by atoms with Gasteiger partial charge in [-0.25, -0.2) is 0 Å². The lowest BCUT2D eigenvalue weighted by atomic mass is 9.97. The highest BCUT2D eigenvalue weighted by Gasteiger charge is 2.31. The van der Waals surface area contributed by atoms with Gasteiger partial charge in [-0.1, -0.05) is 39.0 Å². The molecule has 0 spiro atoms. The van der Waals surface area contributed by atoms with Crippen molar-refractivity contribution in [1.29, 1.82) is 0 Å². The normalized spacial score (nSPS) is 23.2. The van der Waals surface area contributed by atoms with Crippen molar-refractivity contribution in [2.24, 2.45) is 0 Å². The van der Waals surface area contributed by atoms with Gasteiger partial charge in [0.1, 0.15) is 11.9 Å². The molecule has 2 heteroatoms. The Hall–Kier alpha value is -1.02. The Balaban J connectivity index is 2.06. The average Bonchev–Trinajstić information content (AvgIpc) is 2.64. The number of benzene rings is 1. The van der Waals surface area contributed by atoms with E-state index in [-0.39, 0.29) is 0 Å². The third-order valence-corrected chi connectivity index (χ3v) is 3.58. The first-order valence-electron chi connectivity index (χ1n) is 6.24. The molecule has 1 aromatic carbocycles. The van der Waals surface area contributed by atoms with Crippen LogP contribution in [-0.4, -0.2) is 30.6 Å². The monoisotopic (exact) mass is 219 g/mol. The van der Waals surface area contributed by atoms with Crippen molar-refractivity contribution >= 4 is 0 Å². The average molecular weight is 219 g/mol. The minimum absolute atomic E-state index is 0.317. The van der Waals surface area contributed by atoms with Crippen LogP contribution in [0.4, 0.5) is 0 Å². The van der Waals surface area contributed by atoms with E-state index in [9.17, 15) is 0 Å². The van der Waals surface area contributed by atoms with E-state index in [4.69, 9.17) is 4.74 Å². The van der Waals surface area contributed by atoms with Crippen molar-refractivity contribution in [2.75, 3.05) is 19.6 Å². The first kappa shape index (κ1) is 11.5. The fourth-order valence-corrected chi connectivity index (χ4v) is 2.36. The Labute approximate surface area is 98.2 Å². The van der Waals surface area contributed by atoms with Crippen LogP contribution in [0.15, 0.2) is 24.3 Å². The molecule has 0 saturated carbocycles. The maximum atomic E-state index is 6.01. The summed E-state index contributed by atoms with van der Waals surface area (Å²) in [5, 5.41) is 0. The maximum Gasteiger partial charge on any atom is 0.123 e. The topological polar surface area (TPSA) is 12.5 Å². The molecule has 16 heavy (non-hydrogen) atoms. The third kappa shape index (κ3) is 2.07. The fraction of sp³-hybridized carbons (Fsp3) is 0.571. The van der Waals surface area contributed by atoms with Gasteiger partial charge in [-0.3, -0.25) is 0 Å². The van der Waals surface area contributed by atoms with Crippen molar-refractivity contribution in [3.05, 3.63) is 29.8 Å². The van der Waals surface area contributed by atoms with Gasteiger partial charge in [-0.15, -0.1) is 0 Å². The van der Waals surface area contributed by atoms with Crippen LogP contribution in [0.5, 0.6) is 5.75 Å². The summed E-state index contributed by atoms with van der Waals surface area (Å²) in [6.07, 6.45) is 0.317. The Bertz CT molecular complexity index is 346. The van der Waals surface area contributed by atoms with Gasteiger partial charge in [0, 0.05) is 18.0 Å². The lowest BCUT2D eigenvalue weighted by Gasteiger charge is -2.24. The lowest BCUT2D eigenvalue weighted by Crippen LogP contribution is -2.35. The first-order valence-corrected chi connectivity index (χ1v) is 6.24. The number of nitrogens with zero attached hydrogens (tertiary/aromatic N) is 1. The molecule has 0 saturated heterocycles. The molecule has 0 bridgehead atoms. The van der Waals surface area contributed by atoms with Crippen LogP contribution in [0.2, 0.25) is 0 Å². The SMILES string of the molecule is CCN(CC)CC1Oc2ccccc2C1C. The molecule has 1 heterocycles. The minimum atomic E-state index is 0.317.